The van der Waals surface area contributed by atoms with Gasteiger partial charge in [-0.2, -0.15) is 0 Å². The summed E-state index contributed by atoms with van der Waals surface area (Å²) in [5, 5.41) is 6.96. The number of likely N-dealkylation sites (N-methyl/N-ethyl adjacent to an activating group) is 1. The average Bonchev–Trinajstić information content (AvgIpc) is 2.45. The molecule has 112 valence electrons. The van der Waals surface area contributed by atoms with Gasteiger partial charge in [-0.3, -0.25) is 4.99 Å². The highest BCUT2D eigenvalue weighted by Gasteiger charge is 2.14. The molecular formula is C15H32N4. The Balaban J connectivity index is 2.14. The van der Waals surface area contributed by atoms with E-state index >= 15 is 0 Å². The molecule has 4 nitrogen and oxygen atoms in total. The number of rotatable bonds is 7. The Hall–Kier alpha value is -0.770. The highest BCUT2D eigenvalue weighted by Crippen LogP contribution is 2.17. The van der Waals surface area contributed by atoms with Crippen molar-refractivity contribution >= 4 is 5.96 Å². The van der Waals surface area contributed by atoms with Gasteiger partial charge in [-0.15, -0.1) is 0 Å². The summed E-state index contributed by atoms with van der Waals surface area (Å²) in [6, 6.07) is 0.623. The summed E-state index contributed by atoms with van der Waals surface area (Å²) in [6.45, 7) is 5.47. The maximum absolute atomic E-state index is 4.32. The topological polar surface area (TPSA) is 39.7 Å². The lowest BCUT2D eigenvalue weighted by atomic mass is 9.96. The normalized spacial score (nSPS) is 17.8. The van der Waals surface area contributed by atoms with Gasteiger partial charge in [0.25, 0.3) is 0 Å². The zero-order chi connectivity index (χ0) is 13.9. The Morgan fingerprint density at radius 1 is 1.21 bits per heavy atom. The molecule has 4 heteroatoms. The van der Waals surface area contributed by atoms with Gasteiger partial charge in [-0.25, -0.2) is 0 Å². The SMILES string of the molecule is CCCCN(C)CCNC(=NC)NC1CCCCC1. The van der Waals surface area contributed by atoms with Crippen molar-refractivity contribution in [3.05, 3.63) is 0 Å². The van der Waals surface area contributed by atoms with Crippen molar-refractivity contribution in [1.29, 1.82) is 0 Å². The van der Waals surface area contributed by atoms with Crippen molar-refractivity contribution in [3.8, 4) is 0 Å². The zero-order valence-corrected chi connectivity index (χ0v) is 13.0. The van der Waals surface area contributed by atoms with Gasteiger partial charge < -0.3 is 15.5 Å². The second kappa shape index (κ2) is 10.1. The van der Waals surface area contributed by atoms with Crippen LogP contribution in [0.3, 0.4) is 0 Å². The molecule has 1 saturated carbocycles. The number of nitrogens with one attached hydrogen (secondary N) is 2. The molecule has 0 unspecified atom stereocenters. The number of guanidine groups is 1. The third-order valence-corrected chi connectivity index (χ3v) is 3.85. The molecule has 0 spiro atoms. The van der Waals surface area contributed by atoms with Gasteiger partial charge in [0.15, 0.2) is 5.96 Å². The maximum Gasteiger partial charge on any atom is 0.191 e. The standard InChI is InChI=1S/C15H32N4/c1-4-5-12-19(3)13-11-17-15(16-2)18-14-9-7-6-8-10-14/h14H,4-13H2,1-3H3,(H2,16,17,18). The van der Waals surface area contributed by atoms with E-state index in [2.05, 4.69) is 34.5 Å². The minimum absolute atomic E-state index is 0.623. The Morgan fingerprint density at radius 3 is 2.58 bits per heavy atom. The summed E-state index contributed by atoms with van der Waals surface area (Å²) in [7, 11) is 4.05. The van der Waals surface area contributed by atoms with Crippen LogP contribution in [0.1, 0.15) is 51.9 Å². The van der Waals surface area contributed by atoms with Crippen LogP contribution in [0.25, 0.3) is 0 Å². The van der Waals surface area contributed by atoms with E-state index in [1.807, 2.05) is 7.05 Å². The fourth-order valence-corrected chi connectivity index (χ4v) is 2.54. The van der Waals surface area contributed by atoms with E-state index in [0.29, 0.717) is 6.04 Å². The molecule has 1 aliphatic carbocycles. The molecule has 0 bridgehead atoms. The Labute approximate surface area is 119 Å². The van der Waals surface area contributed by atoms with Gasteiger partial charge in [0, 0.05) is 26.2 Å². The van der Waals surface area contributed by atoms with Crippen LogP contribution in [0, 0.1) is 0 Å². The minimum atomic E-state index is 0.623. The lowest BCUT2D eigenvalue weighted by Crippen LogP contribution is -2.46. The maximum atomic E-state index is 4.32. The molecule has 0 heterocycles. The molecule has 0 radical (unpaired) electrons. The lowest BCUT2D eigenvalue weighted by molar-refractivity contribution is 0.331. The molecule has 0 saturated heterocycles. The van der Waals surface area contributed by atoms with Gasteiger partial charge >= 0.3 is 0 Å². The van der Waals surface area contributed by atoms with E-state index in [4.69, 9.17) is 0 Å². The molecule has 19 heavy (non-hydrogen) atoms. The van der Waals surface area contributed by atoms with E-state index < -0.39 is 0 Å². The lowest BCUT2D eigenvalue weighted by Gasteiger charge is -2.25. The molecule has 0 aromatic rings. The van der Waals surface area contributed by atoms with Gasteiger partial charge in [0.05, 0.1) is 0 Å². The zero-order valence-electron chi connectivity index (χ0n) is 13.0. The molecule has 1 rings (SSSR count). The predicted molar refractivity (Wildman–Crippen MR) is 83.8 cm³/mol. The van der Waals surface area contributed by atoms with Crippen molar-refractivity contribution < 1.29 is 0 Å². The second-order valence-corrected chi connectivity index (χ2v) is 5.64. The van der Waals surface area contributed by atoms with Crippen molar-refractivity contribution in [3.63, 3.8) is 0 Å². The summed E-state index contributed by atoms with van der Waals surface area (Å²) in [4.78, 5) is 6.70. The van der Waals surface area contributed by atoms with Crippen LogP contribution in [0.15, 0.2) is 4.99 Å². The highest BCUT2D eigenvalue weighted by molar-refractivity contribution is 5.79. The third-order valence-electron chi connectivity index (χ3n) is 3.85. The average molecular weight is 268 g/mol. The number of nitrogens with zero attached hydrogens (tertiary/aromatic N) is 2. The first-order valence-electron chi connectivity index (χ1n) is 7.92. The van der Waals surface area contributed by atoms with Crippen molar-refractivity contribution in [2.45, 2.75) is 57.9 Å². The van der Waals surface area contributed by atoms with E-state index in [1.54, 1.807) is 0 Å². The quantitative estimate of drug-likeness (QED) is 0.549. The van der Waals surface area contributed by atoms with Crippen molar-refractivity contribution in [1.82, 2.24) is 15.5 Å². The Kier molecular flexibility index (Phi) is 8.63. The number of aliphatic imine (C=N–C) groups is 1. The summed E-state index contributed by atoms with van der Waals surface area (Å²) in [6.07, 6.45) is 9.23. The van der Waals surface area contributed by atoms with Gasteiger partial charge in [-0.1, -0.05) is 32.6 Å². The summed E-state index contributed by atoms with van der Waals surface area (Å²) in [5.74, 6) is 0.968. The van der Waals surface area contributed by atoms with Gasteiger partial charge in [0.2, 0.25) is 0 Å². The first-order valence-corrected chi connectivity index (χ1v) is 7.92. The first kappa shape index (κ1) is 16.3. The number of unbranched alkanes of at least 4 members (excludes halogenated alkanes) is 1. The van der Waals surface area contributed by atoms with E-state index in [1.165, 1.54) is 51.5 Å². The molecular weight excluding hydrogens is 236 g/mol. The Morgan fingerprint density at radius 2 is 1.95 bits per heavy atom. The van der Waals surface area contributed by atoms with Crippen LogP contribution in [0.5, 0.6) is 0 Å². The van der Waals surface area contributed by atoms with Crippen LogP contribution < -0.4 is 10.6 Å². The molecule has 0 atom stereocenters. The number of hydrogen-bond acceptors (Lipinski definition) is 2. The van der Waals surface area contributed by atoms with Crippen LogP contribution in [0.2, 0.25) is 0 Å². The minimum Gasteiger partial charge on any atom is -0.355 e. The van der Waals surface area contributed by atoms with Gasteiger partial charge in [0.1, 0.15) is 0 Å². The number of hydrogen-bond donors (Lipinski definition) is 2. The molecule has 1 aliphatic rings. The van der Waals surface area contributed by atoms with Crippen molar-refractivity contribution in [2.24, 2.45) is 4.99 Å². The monoisotopic (exact) mass is 268 g/mol. The third kappa shape index (κ3) is 7.41. The van der Waals surface area contributed by atoms with Crippen LogP contribution in [-0.4, -0.2) is 50.6 Å². The highest BCUT2D eigenvalue weighted by atomic mass is 15.2. The van der Waals surface area contributed by atoms with Crippen molar-refractivity contribution in [2.75, 3.05) is 33.7 Å². The smallest absolute Gasteiger partial charge is 0.191 e. The molecule has 0 aromatic heterocycles. The largest absolute Gasteiger partial charge is 0.355 e. The Bertz CT molecular complexity index is 247. The van der Waals surface area contributed by atoms with E-state index in [-0.39, 0.29) is 0 Å². The molecule has 0 aromatic carbocycles. The summed E-state index contributed by atoms with van der Waals surface area (Å²) in [5.41, 5.74) is 0. The van der Waals surface area contributed by atoms with E-state index in [9.17, 15) is 0 Å². The fourth-order valence-electron chi connectivity index (χ4n) is 2.54. The first-order chi connectivity index (χ1) is 9.26. The fraction of sp³-hybridized carbons (Fsp3) is 0.933. The van der Waals surface area contributed by atoms with E-state index in [0.717, 1.165) is 19.0 Å². The van der Waals surface area contributed by atoms with Crippen LogP contribution in [0.4, 0.5) is 0 Å². The predicted octanol–water partition coefficient (Wildman–Crippen LogP) is 2.22. The summed E-state index contributed by atoms with van der Waals surface area (Å²) < 4.78 is 0. The van der Waals surface area contributed by atoms with Crippen LogP contribution in [-0.2, 0) is 0 Å². The van der Waals surface area contributed by atoms with Crippen LogP contribution >= 0.6 is 0 Å². The molecule has 0 aliphatic heterocycles. The molecule has 0 amide bonds. The molecule has 1 fully saturated rings. The second-order valence-electron chi connectivity index (χ2n) is 5.64. The van der Waals surface area contributed by atoms with Gasteiger partial charge in [-0.05, 0) is 32.9 Å². The molecule has 2 N–H and O–H groups in total. The summed E-state index contributed by atoms with van der Waals surface area (Å²) >= 11 is 0.